The second-order valence-corrected chi connectivity index (χ2v) is 8.61. The van der Waals surface area contributed by atoms with Crippen LogP contribution < -0.4 is 11.5 Å². The van der Waals surface area contributed by atoms with Crippen LogP contribution in [0.1, 0.15) is 60.7 Å². The molecule has 0 bridgehead atoms. The molecule has 1 aliphatic carbocycles. The van der Waals surface area contributed by atoms with Crippen LogP contribution in [-0.2, 0) is 35.3 Å². The summed E-state index contributed by atoms with van der Waals surface area (Å²) in [5, 5.41) is 0. The molecule has 1 unspecified atom stereocenters. The average molecular weight is 436 g/mol. The molecule has 7 nitrogen and oxygen atoms in total. The number of carbonyl (C=O) groups excluding carboxylic acids is 1. The molecule has 2 heterocycles. The van der Waals surface area contributed by atoms with Gasteiger partial charge in [0.05, 0.1) is 18.0 Å². The molecule has 0 saturated carbocycles. The number of primary amides is 1. The van der Waals surface area contributed by atoms with E-state index in [0.29, 0.717) is 12.4 Å². The van der Waals surface area contributed by atoms with Crippen molar-refractivity contribution in [3.05, 3.63) is 53.0 Å². The minimum absolute atomic E-state index is 0.253. The van der Waals surface area contributed by atoms with Crippen molar-refractivity contribution >= 4 is 22.8 Å². The van der Waals surface area contributed by atoms with Gasteiger partial charge in [-0.1, -0.05) is 36.8 Å². The van der Waals surface area contributed by atoms with Crippen LogP contribution in [0.25, 0.3) is 11.0 Å². The molecule has 3 aromatic rings. The van der Waals surface area contributed by atoms with Gasteiger partial charge in [-0.3, -0.25) is 4.79 Å². The Morgan fingerprint density at radius 2 is 1.94 bits per heavy atom. The van der Waals surface area contributed by atoms with Gasteiger partial charge in [-0.05, 0) is 49.7 Å². The summed E-state index contributed by atoms with van der Waals surface area (Å²) in [6.45, 7) is 1.43. The van der Waals surface area contributed by atoms with Gasteiger partial charge >= 0.3 is 0 Å². The second kappa shape index (κ2) is 10.1. The second-order valence-electron chi connectivity index (χ2n) is 8.61. The summed E-state index contributed by atoms with van der Waals surface area (Å²) in [7, 11) is 1.71. The third kappa shape index (κ3) is 4.63. The zero-order valence-corrected chi connectivity index (χ0v) is 18.8. The molecule has 7 heteroatoms. The van der Waals surface area contributed by atoms with Crippen LogP contribution in [0.2, 0.25) is 0 Å². The van der Waals surface area contributed by atoms with Gasteiger partial charge in [0.25, 0.3) is 0 Å². The maximum Gasteiger partial charge on any atom is 0.224 e. The lowest BCUT2D eigenvalue weighted by molar-refractivity contribution is -0.119. The number of pyridine rings is 1. The van der Waals surface area contributed by atoms with Gasteiger partial charge in [-0.15, -0.1) is 0 Å². The van der Waals surface area contributed by atoms with E-state index in [1.807, 2.05) is 30.3 Å². The number of unbranched alkanes of at least 4 members (excludes halogenated alkanes) is 1. The minimum atomic E-state index is -0.266. The van der Waals surface area contributed by atoms with E-state index in [1.54, 1.807) is 7.11 Å². The number of carbonyl (C=O) groups is 1. The van der Waals surface area contributed by atoms with Crippen molar-refractivity contribution in [1.82, 2.24) is 14.5 Å². The number of amides is 1. The Balaban J connectivity index is 1.56. The molecule has 170 valence electrons. The molecule has 0 fully saturated rings. The predicted molar refractivity (Wildman–Crippen MR) is 126 cm³/mol. The van der Waals surface area contributed by atoms with Crippen molar-refractivity contribution < 1.29 is 9.53 Å². The monoisotopic (exact) mass is 435 g/mol. The van der Waals surface area contributed by atoms with Gasteiger partial charge in [0.2, 0.25) is 5.91 Å². The topological polar surface area (TPSA) is 109 Å². The fourth-order valence-electron chi connectivity index (χ4n) is 4.85. The number of hydrogen-bond donors (Lipinski definition) is 2. The highest BCUT2D eigenvalue weighted by Gasteiger charge is 2.23. The number of hydrogen-bond acceptors (Lipinski definition) is 5. The van der Waals surface area contributed by atoms with Crippen LogP contribution in [0, 0.1) is 0 Å². The van der Waals surface area contributed by atoms with Gasteiger partial charge in [0.15, 0.2) is 5.82 Å². The fraction of sp³-hybridized carbons (Fsp3) is 0.480. The first-order chi connectivity index (χ1) is 15.6. The van der Waals surface area contributed by atoms with Crippen molar-refractivity contribution in [2.75, 3.05) is 19.5 Å². The first-order valence-electron chi connectivity index (χ1n) is 11.6. The largest absolute Gasteiger partial charge is 0.384 e. The number of nitrogens with two attached hydrogens (primary N) is 2. The quantitative estimate of drug-likeness (QED) is 0.474. The van der Waals surface area contributed by atoms with Crippen LogP contribution in [-0.4, -0.2) is 34.2 Å². The smallest absolute Gasteiger partial charge is 0.224 e. The molecule has 1 aliphatic rings. The summed E-state index contributed by atoms with van der Waals surface area (Å²) in [6.07, 6.45) is 7.62. The number of nitrogens with zero attached hydrogens (tertiary/aromatic N) is 3. The van der Waals surface area contributed by atoms with Gasteiger partial charge in [0, 0.05) is 25.8 Å². The Morgan fingerprint density at radius 3 is 2.69 bits per heavy atom. The molecular weight excluding hydrogens is 402 g/mol. The van der Waals surface area contributed by atoms with Crippen molar-refractivity contribution in [3.63, 3.8) is 0 Å². The molecule has 1 amide bonds. The van der Waals surface area contributed by atoms with E-state index in [1.165, 1.54) is 12.0 Å². The van der Waals surface area contributed by atoms with E-state index >= 15 is 0 Å². The standard InChI is InChI=1S/C25H33N5O2/c1-32-16-14-21-29-22-23(19-12-5-6-13-20(19)28-24(22)26)30(21)15-8-7-11-18(25(27)31)17-9-3-2-4-10-17/h2-4,9-10,18H,5-8,11-16H2,1H3,(H2,26,28)(H2,27,31). The third-order valence-electron chi connectivity index (χ3n) is 6.47. The summed E-state index contributed by atoms with van der Waals surface area (Å²) in [5.41, 5.74) is 17.4. The maximum absolute atomic E-state index is 12.0. The molecule has 0 radical (unpaired) electrons. The first-order valence-corrected chi connectivity index (χ1v) is 11.6. The Bertz CT molecular complexity index is 1080. The van der Waals surface area contributed by atoms with Gasteiger partial charge < -0.3 is 20.8 Å². The third-order valence-corrected chi connectivity index (χ3v) is 6.47. The Labute approximate surface area is 189 Å². The molecule has 4 rings (SSSR count). The number of rotatable bonds is 10. The Hall–Kier alpha value is -2.93. The van der Waals surface area contributed by atoms with E-state index < -0.39 is 0 Å². The lowest BCUT2D eigenvalue weighted by Crippen LogP contribution is -2.21. The number of benzene rings is 1. The van der Waals surface area contributed by atoms with E-state index in [-0.39, 0.29) is 11.8 Å². The summed E-state index contributed by atoms with van der Waals surface area (Å²) in [5.74, 6) is 0.994. The SMILES string of the molecule is COCCc1nc2c(N)nc3c(c2n1CCCCC(C(N)=O)c1ccccc1)CCCC3. The summed E-state index contributed by atoms with van der Waals surface area (Å²) >= 11 is 0. The number of nitrogen functional groups attached to an aromatic ring is 1. The number of ether oxygens (including phenoxy) is 1. The van der Waals surface area contributed by atoms with Crippen LogP contribution in [0.5, 0.6) is 0 Å². The highest BCUT2D eigenvalue weighted by Crippen LogP contribution is 2.32. The highest BCUT2D eigenvalue weighted by atomic mass is 16.5. The van der Waals surface area contributed by atoms with E-state index in [0.717, 1.165) is 79.6 Å². The molecule has 32 heavy (non-hydrogen) atoms. The van der Waals surface area contributed by atoms with Crippen molar-refractivity contribution in [1.29, 1.82) is 0 Å². The number of aryl methyl sites for hydroxylation is 3. The van der Waals surface area contributed by atoms with Crippen LogP contribution in [0.4, 0.5) is 5.82 Å². The number of anilines is 1. The zero-order chi connectivity index (χ0) is 22.5. The minimum Gasteiger partial charge on any atom is -0.384 e. The molecule has 0 saturated heterocycles. The van der Waals surface area contributed by atoms with Crippen LogP contribution >= 0.6 is 0 Å². The van der Waals surface area contributed by atoms with Gasteiger partial charge in [0.1, 0.15) is 11.3 Å². The number of methoxy groups -OCH3 is 1. The Kier molecular flexibility index (Phi) is 7.05. The van der Waals surface area contributed by atoms with Gasteiger partial charge in [-0.2, -0.15) is 0 Å². The van der Waals surface area contributed by atoms with Gasteiger partial charge in [-0.25, -0.2) is 9.97 Å². The van der Waals surface area contributed by atoms with Crippen LogP contribution in [0.3, 0.4) is 0 Å². The van der Waals surface area contributed by atoms with Crippen molar-refractivity contribution in [2.24, 2.45) is 5.73 Å². The molecule has 2 aromatic heterocycles. The first kappa shape index (κ1) is 22.3. The average Bonchev–Trinajstić information content (AvgIpc) is 3.17. The molecule has 0 aliphatic heterocycles. The molecule has 0 spiro atoms. The van der Waals surface area contributed by atoms with Crippen LogP contribution in [0.15, 0.2) is 30.3 Å². The van der Waals surface area contributed by atoms with E-state index in [2.05, 4.69) is 9.55 Å². The number of fused-ring (bicyclic) bond motifs is 3. The maximum atomic E-state index is 12.0. The molecule has 1 aromatic carbocycles. The molecular formula is C25H33N5O2. The number of aromatic nitrogens is 3. The van der Waals surface area contributed by atoms with Crippen molar-refractivity contribution in [2.45, 2.75) is 63.8 Å². The fourth-order valence-corrected chi connectivity index (χ4v) is 4.85. The van der Waals surface area contributed by atoms with Crippen molar-refractivity contribution in [3.8, 4) is 0 Å². The van der Waals surface area contributed by atoms with E-state index in [9.17, 15) is 4.79 Å². The summed E-state index contributed by atoms with van der Waals surface area (Å²) < 4.78 is 7.64. The predicted octanol–water partition coefficient (Wildman–Crippen LogP) is 3.52. The number of imidazole rings is 1. The Morgan fingerprint density at radius 1 is 1.16 bits per heavy atom. The zero-order valence-electron chi connectivity index (χ0n) is 18.8. The summed E-state index contributed by atoms with van der Waals surface area (Å²) in [4.78, 5) is 21.6. The summed E-state index contributed by atoms with van der Waals surface area (Å²) in [6, 6.07) is 9.81. The lowest BCUT2D eigenvalue weighted by atomic mass is 9.93. The normalized spacial score (nSPS) is 14.4. The molecule has 4 N–H and O–H groups in total. The highest BCUT2D eigenvalue weighted by molar-refractivity contribution is 5.89. The molecule has 1 atom stereocenters. The lowest BCUT2D eigenvalue weighted by Gasteiger charge is -2.19. The van der Waals surface area contributed by atoms with E-state index in [4.69, 9.17) is 21.2 Å².